The highest BCUT2D eigenvalue weighted by molar-refractivity contribution is 5.81. The molecule has 0 aromatic carbocycles. The number of amides is 1. The van der Waals surface area contributed by atoms with Gasteiger partial charge in [-0.2, -0.15) is 0 Å². The Bertz CT molecular complexity index is 235. The van der Waals surface area contributed by atoms with E-state index in [0.29, 0.717) is 13.2 Å². The van der Waals surface area contributed by atoms with Crippen LogP contribution >= 0.6 is 0 Å². The highest BCUT2D eigenvalue weighted by Crippen LogP contribution is 2.15. The molecule has 0 bridgehead atoms. The highest BCUT2D eigenvalue weighted by Gasteiger charge is 2.27. The van der Waals surface area contributed by atoms with Crippen molar-refractivity contribution in [2.45, 2.75) is 38.0 Å². The molecular formula is C11H20N2O3. The standard InChI is InChI=1S/C11H20N2O3/c1-8(9-3-2-5-15-9)13-11(14)10-7-12-4-6-16-10/h8-10,12H,2-7H2,1H3,(H,13,14). The van der Waals surface area contributed by atoms with Crippen LogP contribution in [0.4, 0.5) is 0 Å². The molecule has 5 heteroatoms. The number of rotatable bonds is 3. The van der Waals surface area contributed by atoms with Crippen molar-refractivity contribution in [1.82, 2.24) is 10.6 Å². The third-order valence-electron chi connectivity index (χ3n) is 3.11. The van der Waals surface area contributed by atoms with E-state index in [9.17, 15) is 4.79 Å². The monoisotopic (exact) mass is 228 g/mol. The molecule has 0 aromatic heterocycles. The molecule has 2 aliphatic rings. The molecule has 2 aliphatic heterocycles. The molecule has 0 radical (unpaired) electrons. The molecular weight excluding hydrogens is 208 g/mol. The molecule has 5 nitrogen and oxygen atoms in total. The Kier molecular flexibility index (Phi) is 4.15. The fourth-order valence-corrected chi connectivity index (χ4v) is 2.14. The van der Waals surface area contributed by atoms with Crippen LogP contribution in [-0.2, 0) is 14.3 Å². The summed E-state index contributed by atoms with van der Waals surface area (Å²) in [5.41, 5.74) is 0. The molecule has 0 aromatic rings. The smallest absolute Gasteiger partial charge is 0.250 e. The number of carbonyl (C=O) groups excluding carboxylic acids is 1. The van der Waals surface area contributed by atoms with E-state index in [1.165, 1.54) is 0 Å². The Morgan fingerprint density at radius 1 is 1.44 bits per heavy atom. The molecule has 1 amide bonds. The highest BCUT2D eigenvalue weighted by atomic mass is 16.5. The lowest BCUT2D eigenvalue weighted by molar-refractivity contribution is -0.135. The number of morpholine rings is 1. The van der Waals surface area contributed by atoms with Gasteiger partial charge in [0.2, 0.25) is 0 Å². The van der Waals surface area contributed by atoms with E-state index in [4.69, 9.17) is 9.47 Å². The Morgan fingerprint density at radius 3 is 2.94 bits per heavy atom. The predicted octanol–water partition coefficient (Wildman–Crippen LogP) is -0.341. The van der Waals surface area contributed by atoms with Crippen molar-refractivity contribution in [2.24, 2.45) is 0 Å². The molecule has 3 atom stereocenters. The molecule has 16 heavy (non-hydrogen) atoms. The van der Waals surface area contributed by atoms with E-state index in [1.54, 1.807) is 0 Å². The Balaban J connectivity index is 1.76. The van der Waals surface area contributed by atoms with Crippen LogP contribution in [0.1, 0.15) is 19.8 Å². The summed E-state index contributed by atoms with van der Waals surface area (Å²) in [6.07, 6.45) is 1.94. The number of hydrogen-bond donors (Lipinski definition) is 2. The van der Waals surface area contributed by atoms with Crippen LogP contribution in [0.3, 0.4) is 0 Å². The van der Waals surface area contributed by atoms with Gasteiger partial charge in [0.15, 0.2) is 0 Å². The summed E-state index contributed by atoms with van der Waals surface area (Å²) in [6.45, 7) is 4.83. The Labute approximate surface area is 95.9 Å². The second kappa shape index (κ2) is 5.61. The maximum atomic E-state index is 11.8. The molecule has 2 heterocycles. The third-order valence-corrected chi connectivity index (χ3v) is 3.11. The van der Waals surface area contributed by atoms with Gasteiger partial charge in [-0.1, -0.05) is 0 Å². The van der Waals surface area contributed by atoms with Gasteiger partial charge in [-0.25, -0.2) is 0 Å². The van der Waals surface area contributed by atoms with Crippen molar-refractivity contribution in [3.05, 3.63) is 0 Å². The number of carbonyl (C=O) groups is 1. The van der Waals surface area contributed by atoms with Crippen molar-refractivity contribution < 1.29 is 14.3 Å². The van der Waals surface area contributed by atoms with E-state index < -0.39 is 0 Å². The number of nitrogens with one attached hydrogen (secondary N) is 2. The largest absolute Gasteiger partial charge is 0.376 e. The Hall–Kier alpha value is -0.650. The van der Waals surface area contributed by atoms with E-state index in [1.807, 2.05) is 6.92 Å². The lowest BCUT2D eigenvalue weighted by Gasteiger charge is -2.26. The van der Waals surface area contributed by atoms with Crippen molar-refractivity contribution >= 4 is 5.91 Å². The third kappa shape index (κ3) is 2.93. The second-order valence-electron chi connectivity index (χ2n) is 4.41. The van der Waals surface area contributed by atoms with Crippen molar-refractivity contribution in [3.63, 3.8) is 0 Å². The first-order chi connectivity index (χ1) is 7.77. The van der Waals surface area contributed by atoms with Gasteiger partial charge in [-0.3, -0.25) is 4.79 Å². The summed E-state index contributed by atoms with van der Waals surface area (Å²) in [7, 11) is 0. The van der Waals surface area contributed by atoms with E-state index in [0.717, 1.165) is 26.0 Å². The summed E-state index contributed by atoms with van der Waals surface area (Å²) in [6, 6.07) is 0.0699. The van der Waals surface area contributed by atoms with Gasteiger partial charge in [-0.15, -0.1) is 0 Å². The van der Waals surface area contributed by atoms with Crippen LogP contribution in [0.15, 0.2) is 0 Å². The van der Waals surface area contributed by atoms with E-state index in [-0.39, 0.29) is 24.2 Å². The average molecular weight is 228 g/mol. The van der Waals surface area contributed by atoms with Gasteiger partial charge in [0.25, 0.3) is 5.91 Å². The quantitative estimate of drug-likeness (QED) is 0.694. The van der Waals surface area contributed by atoms with Crippen molar-refractivity contribution in [2.75, 3.05) is 26.3 Å². The van der Waals surface area contributed by atoms with Crippen LogP contribution in [0, 0.1) is 0 Å². The first kappa shape index (κ1) is 11.8. The first-order valence-corrected chi connectivity index (χ1v) is 6.01. The summed E-state index contributed by atoms with van der Waals surface area (Å²) in [5.74, 6) is -0.0322. The fraction of sp³-hybridized carbons (Fsp3) is 0.909. The normalized spacial score (nSPS) is 32.3. The summed E-state index contributed by atoms with van der Waals surface area (Å²) in [5, 5.41) is 6.10. The van der Waals surface area contributed by atoms with Gasteiger partial charge in [0.1, 0.15) is 6.10 Å². The molecule has 92 valence electrons. The molecule has 2 N–H and O–H groups in total. The van der Waals surface area contributed by atoms with E-state index >= 15 is 0 Å². The van der Waals surface area contributed by atoms with Gasteiger partial charge in [0, 0.05) is 19.7 Å². The second-order valence-corrected chi connectivity index (χ2v) is 4.41. The molecule has 0 aliphatic carbocycles. The lowest BCUT2D eigenvalue weighted by Crippen LogP contribution is -2.51. The van der Waals surface area contributed by atoms with Crippen LogP contribution in [-0.4, -0.2) is 50.5 Å². The minimum atomic E-state index is -0.349. The van der Waals surface area contributed by atoms with Gasteiger partial charge >= 0.3 is 0 Å². The van der Waals surface area contributed by atoms with Gasteiger partial charge < -0.3 is 20.1 Å². The minimum Gasteiger partial charge on any atom is -0.376 e. The first-order valence-electron chi connectivity index (χ1n) is 6.01. The average Bonchev–Trinajstić information content (AvgIpc) is 2.83. The zero-order valence-electron chi connectivity index (χ0n) is 9.70. The minimum absolute atomic E-state index is 0.0322. The molecule has 2 fully saturated rings. The molecule has 2 rings (SSSR count). The SMILES string of the molecule is CC(NC(=O)C1CNCCO1)C1CCCO1. The summed E-state index contributed by atoms with van der Waals surface area (Å²) in [4.78, 5) is 11.8. The van der Waals surface area contributed by atoms with Crippen LogP contribution < -0.4 is 10.6 Å². The molecule has 0 saturated carbocycles. The maximum Gasteiger partial charge on any atom is 0.250 e. The number of ether oxygens (including phenoxy) is 2. The maximum absolute atomic E-state index is 11.8. The topological polar surface area (TPSA) is 59.6 Å². The van der Waals surface area contributed by atoms with Crippen LogP contribution in [0.5, 0.6) is 0 Å². The Morgan fingerprint density at radius 2 is 2.31 bits per heavy atom. The van der Waals surface area contributed by atoms with Crippen LogP contribution in [0.25, 0.3) is 0 Å². The molecule has 2 saturated heterocycles. The molecule has 0 spiro atoms. The van der Waals surface area contributed by atoms with Gasteiger partial charge in [0.05, 0.1) is 18.8 Å². The summed E-state index contributed by atoms with van der Waals surface area (Å²) >= 11 is 0. The molecule has 3 unspecified atom stereocenters. The summed E-state index contributed by atoms with van der Waals surface area (Å²) < 4.78 is 10.9. The van der Waals surface area contributed by atoms with Crippen molar-refractivity contribution in [1.29, 1.82) is 0 Å². The predicted molar refractivity (Wildman–Crippen MR) is 59.2 cm³/mol. The lowest BCUT2D eigenvalue weighted by atomic mass is 10.1. The zero-order chi connectivity index (χ0) is 11.4. The van der Waals surface area contributed by atoms with Crippen LogP contribution in [0.2, 0.25) is 0 Å². The van der Waals surface area contributed by atoms with Gasteiger partial charge in [-0.05, 0) is 19.8 Å². The zero-order valence-corrected chi connectivity index (χ0v) is 9.70. The fourth-order valence-electron chi connectivity index (χ4n) is 2.14. The van der Waals surface area contributed by atoms with Crippen molar-refractivity contribution in [3.8, 4) is 0 Å². The number of hydrogen-bond acceptors (Lipinski definition) is 4. The van der Waals surface area contributed by atoms with E-state index in [2.05, 4.69) is 10.6 Å².